The van der Waals surface area contributed by atoms with Gasteiger partial charge in [0.25, 0.3) is 0 Å². The van der Waals surface area contributed by atoms with E-state index in [1.165, 1.54) is 19.3 Å². The van der Waals surface area contributed by atoms with Crippen molar-refractivity contribution in [1.82, 2.24) is 4.31 Å². The minimum atomic E-state index is -4.19. The van der Waals surface area contributed by atoms with Crippen LogP contribution in [0.15, 0.2) is 23.1 Å². The number of nitrogens with zero attached hydrogens (tertiary/aromatic N) is 3. The molecule has 11 nitrogen and oxygen atoms in total. The van der Waals surface area contributed by atoms with E-state index < -0.39 is 36.1 Å². The first kappa shape index (κ1) is 22.9. The van der Waals surface area contributed by atoms with Crippen molar-refractivity contribution in [2.24, 2.45) is 5.73 Å². The maximum Gasteiger partial charge on any atom is 0.365 e. The van der Waals surface area contributed by atoms with E-state index in [4.69, 9.17) is 10.5 Å². The number of nitrogens with two attached hydrogens (primary N) is 1. The van der Waals surface area contributed by atoms with Gasteiger partial charge in [0.2, 0.25) is 10.0 Å². The van der Waals surface area contributed by atoms with Gasteiger partial charge < -0.3 is 10.5 Å². The van der Waals surface area contributed by atoms with Crippen LogP contribution in [0.5, 0.6) is 0 Å². The van der Waals surface area contributed by atoms with E-state index >= 15 is 0 Å². The molecule has 0 unspecified atom stereocenters. The zero-order chi connectivity index (χ0) is 20.4. The zero-order valence-corrected chi connectivity index (χ0v) is 15.9. The molecule has 0 saturated carbocycles. The largest absolute Gasteiger partial charge is 0.379 e. The lowest BCUT2D eigenvalue weighted by molar-refractivity contribution is -0.424. The van der Waals surface area contributed by atoms with Gasteiger partial charge in [0.05, 0.1) is 23.1 Å². The van der Waals surface area contributed by atoms with Gasteiger partial charge in [-0.25, -0.2) is 8.42 Å². The van der Waals surface area contributed by atoms with Gasteiger partial charge in [0, 0.05) is 19.2 Å². The highest BCUT2D eigenvalue weighted by atomic mass is 32.2. The molecule has 2 N–H and O–H groups in total. The van der Waals surface area contributed by atoms with Crippen LogP contribution in [-0.4, -0.2) is 55.4 Å². The molecule has 12 heteroatoms. The average molecular weight is 404 g/mol. The van der Waals surface area contributed by atoms with Crippen LogP contribution in [0, 0.1) is 20.2 Å². The van der Waals surface area contributed by atoms with E-state index in [1.807, 2.05) is 0 Å². The number of ether oxygens (including phenoxy) is 1. The summed E-state index contributed by atoms with van der Waals surface area (Å²) in [5.41, 5.74) is 3.34. The molecule has 2 rings (SSSR count). The predicted octanol–water partition coefficient (Wildman–Crippen LogP) is 1.66. The lowest BCUT2D eigenvalue weighted by Gasteiger charge is -2.25. The Balaban J connectivity index is 0.000000527. The predicted molar refractivity (Wildman–Crippen MR) is 97.9 cm³/mol. The normalized spacial score (nSPS) is 14.9. The van der Waals surface area contributed by atoms with Crippen molar-refractivity contribution in [1.29, 1.82) is 0 Å². The van der Waals surface area contributed by atoms with Crippen molar-refractivity contribution in [2.75, 3.05) is 32.8 Å². The van der Waals surface area contributed by atoms with E-state index in [-0.39, 0.29) is 26.3 Å². The molecule has 0 aliphatic carbocycles. The number of morpholine rings is 1. The van der Waals surface area contributed by atoms with Crippen LogP contribution in [0.1, 0.15) is 26.2 Å². The molecule has 152 valence electrons. The third-order valence-electron chi connectivity index (χ3n) is 3.75. The molecule has 1 aromatic rings. The molecular weight excluding hydrogens is 380 g/mol. The van der Waals surface area contributed by atoms with Gasteiger partial charge in [-0.3, -0.25) is 20.2 Å². The van der Waals surface area contributed by atoms with Crippen molar-refractivity contribution in [3.05, 3.63) is 38.4 Å². The Kier molecular flexibility index (Phi) is 9.21. The number of nitro groups is 2. The summed E-state index contributed by atoms with van der Waals surface area (Å²) in [7, 11) is -4.19. The summed E-state index contributed by atoms with van der Waals surface area (Å²) >= 11 is 0. The molecule has 0 aromatic heterocycles. The van der Waals surface area contributed by atoms with Gasteiger partial charge in [0.1, 0.15) is 0 Å². The highest BCUT2D eigenvalue weighted by Gasteiger charge is 2.38. The van der Waals surface area contributed by atoms with Crippen molar-refractivity contribution in [3.8, 4) is 0 Å². The molecule has 27 heavy (non-hydrogen) atoms. The van der Waals surface area contributed by atoms with E-state index in [0.717, 1.165) is 29.0 Å². The number of hydrogen-bond acceptors (Lipinski definition) is 8. The topological polar surface area (TPSA) is 159 Å². The first-order valence-corrected chi connectivity index (χ1v) is 9.91. The average Bonchev–Trinajstić information content (AvgIpc) is 2.66. The molecular formula is C15H24N4O7S. The quantitative estimate of drug-likeness (QED) is 0.408. The fraction of sp³-hybridized carbons (Fsp3) is 0.600. The van der Waals surface area contributed by atoms with E-state index in [9.17, 15) is 28.6 Å². The Morgan fingerprint density at radius 3 is 2.22 bits per heavy atom. The molecule has 0 bridgehead atoms. The van der Waals surface area contributed by atoms with E-state index in [1.54, 1.807) is 0 Å². The zero-order valence-electron chi connectivity index (χ0n) is 15.1. The molecule has 1 aliphatic heterocycles. The fourth-order valence-electron chi connectivity index (χ4n) is 2.37. The minimum Gasteiger partial charge on any atom is -0.379 e. The second kappa shape index (κ2) is 10.9. The lowest BCUT2D eigenvalue weighted by Crippen LogP contribution is -2.40. The highest BCUT2D eigenvalue weighted by molar-refractivity contribution is 7.89. The van der Waals surface area contributed by atoms with Gasteiger partial charge in [-0.1, -0.05) is 25.8 Å². The summed E-state index contributed by atoms with van der Waals surface area (Å²) in [5.74, 6) is 0. The molecule has 1 fully saturated rings. The number of para-hydroxylation sites is 1. The number of rotatable bonds is 7. The molecule has 0 spiro atoms. The van der Waals surface area contributed by atoms with Crippen molar-refractivity contribution >= 4 is 21.4 Å². The summed E-state index contributed by atoms with van der Waals surface area (Å²) in [6.07, 6.45) is 3.75. The highest BCUT2D eigenvalue weighted by Crippen LogP contribution is 2.35. The Morgan fingerprint density at radius 1 is 1.15 bits per heavy atom. The van der Waals surface area contributed by atoms with Gasteiger partial charge in [0.15, 0.2) is 4.90 Å². The van der Waals surface area contributed by atoms with Crippen LogP contribution >= 0.6 is 0 Å². The molecule has 0 atom stereocenters. The van der Waals surface area contributed by atoms with E-state index in [2.05, 4.69) is 6.92 Å². The number of benzene rings is 1. The first-order valence-electron chi connectivity index (χ1n) is 8.47. The molecule has 1 aromatic carbocycles. The van der Waals surface area contributed by atoms with Gasteiger partial charge in [-0.15, -0.1) is 0 Å². The van der Waals surface area contributed by atoms with Crippen molar-refractivity contribution < 1.29 is 23.0 Å². The molecule has 0 amide bonds. The Hall–Kier alpha value is -2.15. The van der Waals surface area contributed by atoms with Crippen LogP contribution in [0.4, 0.5) is 11.4 Å². The summed E-state index contributed by atoms with van der Waals surface area (Å²) in [6, 6.07) is 3.00. The third-order valence-corrected chi connectivity index (χ3v) is 5.68. The summed E-state index contributed by atoms with van der Waals surface area (Å²) in [6.45, 7) is 3.46. The van der Waals surface area contributed by atoms with Crippen LogP contribution in [-0.2, 0) is 14.8 Å². The Bertz CT molecular complexity index is 745. The van der Waals surface area contributed by atoms with Gasteiger partial charge >= 0.3 is 11.4 Å². The van der Waals surface area contributed by atoms with Crippen LogP contribution < -0.4 is 5.73 Å². The monoisotopic (exact) mass is 404 g/mol. The first-order chi connectivity index (χ1) is 12.8. The van der Waals surface area contributed by atoms with Crippen LogP contribution in [0.2, 0.25) is 0 Å². The van der Waals surface area contributed by atoms with Gasteiger partial charge in [-0.2, -0.15) is 4.31 Å². The second-order valence-electron chi connectivity index (χ2n) is 5.65. The molecule has 1 heterocycles. The van der Waals surface area contributed by atoms with Crippen LogP contribution in [0.25, 0.3) is 0 Å². The number of hydrogen-bond donors (Lipinski definition) is 1. The second-order valence-corrected chi connectivity index (χ2v) is 7.56. The summed E-state index contributed by atoms with van der Waals surface area (Å²) in [5, 5.41) is 21.9. The number of sulfonamides is 1. The van der Waals surface area contributed by atoms with Crippen molar-refractivity contribution in [3.63, 3.8) is 0 Å². The van der Waals surface area contributed by atoms with Crippen molar-refractivity contribution in [2.45, 2.75) is 31.1 Å². The molecule has 0 radical (unpaired) electrons. The Morgan fingerprint density at radius 2 is 1.78 bits per heavy atom. The maximum absolute atomic E-state index is 12.4. The molecule has 1 aliphatic rings. The SMILES string of the molecule is CCCCCN.O=[N+]([O-])c1cccc(S(=O)(=O)N2CCOCC2)c1[N+](=O)[O-]. The molecule has 1 saturated heterocycles. The Labute approximate surface area is 157 Å². The lowest BCUT2D eigenvalue weighted by atomic mass is 10.3. The smallest absolute Gasteiger partial charge is 0.365 e. The number of unbranched alkanes of at least 4 members (excludes halogenated alkanes) is 2. The fourth-order valence-corrected chi connectivity index (χ4v) is 3.95. The van der Waals surface area contributed by atoms with Gasteiger partial charge in [-0.05, 0) is 19.0 Å². The third kappa shape index (κ3) is 6.20. The standard InChI is InChI=1S/C10H11N3O7S.C5H13N/c14-12(15)8-2-1-3-9(10(8)13(16)17)21(18,19)11-4-6-20-7-5-11;1-2-3-4-5-6/h1-3H,4-7H2;2-6H2,1H3. The minimum absolute atomic E-state index is 0.0438. The summed E-state index contributed by atoms with van der Waals surface area (Å²) < 4.78 is 30.9. The number of nitro benzene ring substituents is 2. The van der Waals surface area contributed by atoms with E-state index in [0.29, 0.717) is 0 Å². The van der Waals surface area contributed by atoms with Crippen LogP contribution in [0.3, 0.4) is 0 Å². The summed E-state index contributed by atoms with van der Waals surface area (Å²) in [4.78, 5) is 19.2. The maximum atomic E-state index is 12.4.